The van der Waals surface area contributed by atoms with Crippen molar-refractivity contribution in [3.05, 3.63) is 0 Å². The second kappa shape index (κ2) is 3.74. The first-order valence-corrected chi connectivity index (χ1v) is 4.18. The smallest absolute Gasteiger partial charge is 0.334 e. The molecule has 0 aromatic heterocycles. The van der Waals surface area contributed by atoms with Crippen molar-refractivity contribution < 1.29 is 19.3 Å². The molecule has 5 nitrogen and oxygen atoms in total. The molecular formula is C8H13NO4. The molecule has 1 fully saturated rings. The van der Waals surface area contributed by atoms with Gasteiger partial charge < -0.3 is 9.68 Å². The maximum absolute atomic E-state index is 11.3. The molecule has 1 aliphatic rings. The van der Waals surface area contributed by atoms with Crippen LogP contribution in [-0.4, -0.2) is 11.9 Å². The molecule has 0 bridgehead atoms. The number of carbonyl (C=O) groups excluding carboxylic acids is 2. The zero-order valence-electron chi connectivity index (χ0n) is 7.75. The lowest BCUT2D eigenvalue weighted by atomic mass is 9.87. The first-order chi connectivity index (χ1) is 6.02. The predicted octanol–water partition coefficient (Wildman–Crippen LogP) is 0.702. The number of rotatable bonds is 0. The number of hydrogen-bond donors (Lipinski definition) is 1. The van der Waals surface area contributed by atoms with Crippen LogP contribution in [0.25, 0.3) is 0 Å². The summed E-state index contributed by atoms with van der Waals surface area (Å²) < 4.78 is 0. The minimum atomic E-state index is -0.568. The topological polar surface area (TPSA) is 64.6 Å². The summed E-state index contributed by atoms with van der Waals surface area (Å²) in [6.45, 7) is 3.54. The summed E-state index contributed by atoms with van der Waals surface area (Å²) in [5.74, 6) is -0.826. The molecule has 1 saturated heterocycles. The molecule has 1 aliphatic heterocycles. The summed E-state index contributed by atoms with van der Waals surface area (Å²) in [6.07, 6.45) is 1.54. The lowest BCUT2D eigenvalue weighted by Gasteiger charge is -2.19. The summed E-state index contributed by atoms with van der Waals surface area (Å²) in [4.78, 5) is 31.0. The van der Waals surface area contributed by atoms with E-state index in [-0.39, 0.29) is 0 Å². The molecule has 0 amide bonds. The average molecular weight is 187 g/mol. The van der Waals surface area contributed by atoms with Gasteiger partial charge in [-0.15, -0.1) is 0 Å². The van der Waals surface area contributed by atoms with Gasteiger partial charge in [0.15, 0.2) is 0 Å². The molecule has 0 aliphatic carbocycles. The Kier molecular flexibility index (Phi) is 2.87. The van der Waals surface area contributed by atoms with E-state index in [1.807, 2.05) is 5.64 Å². The van der Waals surface area contributed by atoms with Gasteiger partial charge in [0.1, 0.15) is 0 Å². The van der Waals surface area contributed by atoms with Crippen LogP contribution in [-0.2, 0) is 19.3 Å². The second-order valence-electron chi connectivity index (χ2n) is 3.68. The Morgan fingerprint density at radius 3 is 2.69 bits per heavy atom. The molecule has 0 atom stereocenters. The molecular weight excluding hydrogens is 174 g/mol. The van der Waals surface area contributed by atoms with Gasteiger partial charge in [0.2, 0.25) is 0 Å². The lowest BCUT2D eigenvalue weighted by Crippen LogP contribution is -2.31. The van der Waals surface area contributed by atoms with Gasteiger partial charge in [0.25, 0.3) is 0 Å². The Bertz CT molecular complexity index is 224. The van der Waals surface area contributed by atoms with Crippen LogP contribution >= 0.6 is 0 Å². The monoisotopic (exact) mass is 187 g/mol. The average Bonchev–Trinajstić information content (AvgIpc) is 2.06. The van der Waals surface area contributed by atoms with E-state index >= 15 is 0 Å². The van der Waals surface area contributed by atoms with Gasteiger partial charge in [-0.05, 0) is 26.7 Å². The van der Waals surface area contributed by atoms with Gasteiger partial charge in [-0.25, -0.2) is 4.79 Å². The van der Waals surface area contributed by atoms with Crippen molar-refractivity contribution in [2.45, 2.75) is 33.1 Å². The van der Waals surface area contributed by atoms with Gasteiger partial charge >= 0.3 is 11.9 Å². The highest BCUT2D eigenvalue weighted by atomic mass is 16.9. The first-order valence-electron chi connectivity index (χ1n) is 4.18. The van der Waals surface area contributed by atoms with E-state index in [1.165, 1.54) is 0 Å². The van der Waals surface area contributed by atoms with Crippen molar-refractivity contribution >= 4 is 11.9 Å². The van der Waals surface area contributed by atoms with Gasteiger partial charge in [-0.2, -0.15) is 0 Å². The highest BCUT2D eigenvalue weighted by Gasteiger charge is 2.31. The molecule has 0 radical (unpaired) electrons. The van der Waals surface area contributed by atoms with Crippen LogP contribution in [0.3, 0.4) is 0 Å². The third kappa shape index (κ3) is 2.69. The Labute approximate surface area is 76.3 Å². The van der Waals surface area contributed by atoms with Crippen LogP contribution in [0.15, 0.2) is 0 Å². The highest BCUT2D eigenvalue weighted by molar-refractivity contribution is 5.76. The molecule has 0 aromatic carbocycles. The van der Waals surface area contributed by atoms with E-state index in [9.17, 15) is 9.59 Å². The van der Waals surface area contributed by atoms with Crippen molar-refractivity contribution in [2.75, 3.05) is 0 Å². The Balaban J connectivity index is 2.62. The van der Waals surface area contributed by atoms with E-state index in [0.717, 1.165) is 0 Å². The summed E-state index contributed by atoms with van der Waals surface area (Å²) in [6, 6.07) is 0. The van der Waals surface area contributed by atoms with E-state index in [1.54, 1.807) is 13.8 Å². The van der Waals surface area contributed by atoms with Crippen LogP contribution in [0, 0.1) is 5.41 Å². The van der Waals surface area contributed by atoms with Crippen LogP contribution in [0.2, 0.25) is 0 Å². The van der Waals surface area contributed by atoms with E-state index in [2.05, 4.69) is 9.68 Å². The molecule has 0 spiro atoms. The number of hydrogen-bond acceptors (Lipinski definition) is 5. The molecule has 0 saturated carbocycles. The number of carbonyl (C=O) groups is 2. The summed E-state index contributed by atoms with van der Waals surface area (Å²) in [5.41, 5.74) is 1.31. The third-order valence-electron chi connectivity index (χ3n) is 2.03. The zero-order valence-corrected chi connectivity index (χ0v) is 7.75. The van der Waals surface area contributed by atoms with E-state index < -0.39 is 17.4 Å². The fourth-order valence-corrected chi connectivity index (χ4v) is 1.07. The maximum Gasteiger partial charge on any atom is 0.334 e. The Morgan fingerprint density at radius 1 is 1.31 bits per heavy atom. The zero-order chi connectivity index (χ0) is 9.90. The summed E-state index contributed by atoms with van der Waals surface area (Å²) in [5, 5.41) is 0. The van der Waals surface area contributed by atoms with Gasteiger partial charge in [0, 0.05) is 12.1 Å². The molecule has 1 heterocycles. The Hall–Kier alpha value is -1.10. The minimum absolute atomic E-state index is 0.299. The highest BCUT2D eigenvalue weighted by Crippen LogP contribution is 2.25. The lowest BCUT2D eigenvalue weighted by molar-refractivity contribution is -0.203. The van der Waals surface area contributed by atoms with E-state index in [0.29, 0.717) is 19.3 Å². The second-order valence-corrected chi connectivity index (χ2v) is 3.68. The van der Waals surface area contributed by atoms with Crippen molar-refractivity contribution in [3.8, 4) is 0 Å². The third-order valence-corrected chi connectivity index (χ3v) is 2.03. The fourth-order valence-electron chi connectivity index (χ4n) is 1.07. The molecule has 0 unspecified atom stereocenters. The number of nitrogens with one attached hydrogen (secondary N) is 1. The van der Waals surface area contributed by atoms with Crippen LogP contribution in [0.4, 0.5) is 0 Å². The standard InChI is InChI=1S/C8H13NO4/c1-8(2)5-3-4-6(10)12-9-13-7(8)11/h9H,3-5H2,1-2H3. The van der Waals surface area contributed by atoms with Crippen molar-refractivity contribution in [2.24, 2.45) is 5.41 Å². The SMILES string of the molecule is CC1(C)CCCC(=O)ONOC1=O. The van der Waals surface area contributed by atoms with Crippen LogP contribution in [0.5, 0.6) is 0 Å². The largest absolute Gasteiger partial charge is 0.336 e. The van der Waals surface area contributed by atoms with Crippen molar-refractivity contribution in [1.82, 2.24) is 5.64 Å². The van der Waals surface area contributed by atoms with E-state index in [4.69, 9.17) is 0 Å². The Morgan fingerprint density at radius 2 is 2.00 bits per heavy atom. The fraction of sp³-hybridized carbons (Fsp3) is 0.750. The van der Waals surface area contributed by atoms with Crippen LogP contribution < -0.4 is 5.64 Å². The molecule has 1 N–H and O–H groups in total. The molecule has 5 heteroatoms. The first kappa shape index (κ1) is 9.98. The minimum Gasteiger partial charge on any atom is -0.336 e. The normalized spacial score (nSPS) is 23.5. The van der Waals surface area contributed by atoms with Crippen LogP contribution in [0.1, 0.15) is 33.1 Å². The molecule has 13 heavy (non-hydrogen) atoms. The maximum atomic E-state index is 11.3. The van der Waals surface area contributed by atoms with Gasteiger partial charge in [-0.1, -0.05) is 0 Å². The molecule has 74 valence electrons. The van der Waals surface area contributed by atoms with Gasteiger partial charge in [-0.3, -0.25) is 4.79 Å². The van der Waals surface area contributed by atoms with Crippen molar-refractivity contribution in [3.63, 3.8) is 0 Å². The van der Waals surface area contributed by atoms with Gasteiger partial charge in [0.05, 0.1) is 5.41 Å². The predicted molar refractivity (Wildman–Crippen MR) is 43.0 cm³/mol. The van der Waals surface area contributed by atoms with Crippen molar-refractivity contribution in [1.29, 1.82) is 0 Å². The molecule has 0 aromatic rings. The molecule has 1 rings (SSSR count). The quantitative estimate of drug-likeness (QED) is 0.604. The summed E-state index contributed by atoms with van der Waals surface area (Å²) in [7, 11) is 0. The summed E-state index contributed by atoms with van der Waals surface area (Å²) >= 11 is 0.